The van der Waals surface area contributed by atoms with Crippen molar-refractivity contribution in [2.75, 3.05) is 56.0 Å². The molecule has 0 unspecified atom stereocenters. The van der Waals surface area contributed by atoms with Crippen molar-refractivity contribution in [3.8, 4) is 5.82 Å². The van der Waals surface area contributed by atoms with Crippen LogP contribution in [0.4, 0.5) is 23.1 Å². The van der Waals surface area contributed by atoms with E-state index < -0.39 is 9.73 Å². The van der Waals surface area contributed by atoms with Crippen LogP contribution in [0.5, 0.6) is 0 Å². The van der Waals surface area contributed by atoms with Crippen molar-refractivity contribution in [1.29, 1.82) is 0 Å². The topological polar surface area (TPSA) is 91.5 Å². The van der Waals surface area contributed by atoms with Crippen LogP contribution in [-0.4, -0.2) is 74.4 Å². The molecule has 1 saturated heterocycles. The molecule has 0 amide bonds. The number of nitrogens with zero attached hydrogens (tertiary/aromatic N) is 7. The number of hydrogen-bond acceptors (Lipinski definition) is 8. The first-order valence-electron chi connectivity index (χ1n) is 12.5. The number of nitrogens with one attached hydrogen (secondary N) is 1. The van der Waals surface area contributed by atoms with Gasteiger partial charge >= 0.3 is 0 Å². The lowest BCUT2D eigenvalue weighted by molar-refractivity contribution is 0.313. The van der Waals surface area contributed by atoms with Crippen molar-refractivity contribution in [3.63, 3.8) is 0 Å². The highest BCUT2D eigenvalue weighted by Gasteiger charge is 2.18. The molecule has 1 fully saturated rings. The van der Waals surface area contributed by atoms with Crippen LogP contribution in [0.3, 0.4) is 0 Å². The van der Waals surface area contributed by atoms with E-state index in [0.29, 0.717) is 17.6 Å². The zero-order chi connectivity index (χ0) is 26.2. The van der Waals surface area contributed by atoms with Crippen molar-refractivity contribution in [2.24, 2.45) is 4.36 Å². The van der Waals surface area contributed by atoms with Crippen LogP contribution in [-0.2, 0) is 9.73 Å². The molecule has 0 bridgehead atoms. The number of hydrogen-bond donors (Lipinski definition) is 1. The first-order valence-corrected chi connectivity index (χ1v) is 14.8. The number of aromatic nitrogens is 4. The summed E-state index contributed by atoms with van der Waals surface area (Å²) in [6, 6.07) is 16.1. The van der Waals surface area contributed by atoms with Gasteiger partial charge in [-0.05, 0) is 55.4 Å². The van der Waals surface area contributed by atoms with Gasteiger partial charge in [0.25, 0.3) is 0 Å². The van der Waals surface area contributed by atoms with Gasteiger partial charge in [0.05, 0.1) is 0 Å². The van der Waals surface area contributed by atoms with E-state index in [2.05, 4.69) is 75.7 Å². The maximum absolute atomic E-state index is 12.2. The third-order valence-electron chi connectivity index (χ3n) is 6.41. The van der Waals surface area contributed by atoms with E-state index >= 15 is 0 Å². The predicted octanol–water partition coefficient (Wildman–Crippen LogP) is 4.79. The number of benzene rings is 1. The summed E-state index contributed by atoms with van der Waals surface area (Å²) in [5.41, 5.74) is 3.98. The second kappa shape index (κ2) is 10.1. The lowest BCUT2D eigenvalue weighted by Crippen LogP contribution is -2.44. The second-order valence-corrected chi connectivity index (χ2v) is 12.7. The molecule has 0 atom stereocenters. The lowest BCUT2D eigenvalue weighted by Gasteiger charge is -2.34. The van der Waals surface area contributed by atoms with Crippen LogP contribution in [0.1, 0.15) is 25.5 Å². The number of rotatable bonds is 6. The molecule has 5 rings (SSSR count). The van der Waals surface area contributed by atoms with Gasteiger partial charge in [-0.2, -0.15) is 9.35 Å². The van der Waals surface area contributed by atoms with Crippen LogP contribution in [0, 0.1) is 0 Å². The van der Waals surface area contributed by atoms with Gasteiger partial charge in [-0.1, -0.05) is 19.9 Å². The molecule has 0 radical (unpaired) electrons. The van der Waals surface area contributed by atoms with E-state index in [1.165, 1.54) is 5.69 Å². The normalized spacial score (nSPS) is 14.9. The van der Waals surface area contributed by atoms with Gasteiger partial charge < -0.3 is 15.1 Å². The summed E-state index contributed by atoms with van der Waals surface area (Å²) in [7, 11) is -0.159. The van der Waals surface area contributed by atoms with E-state index in [-0.39, 0.29) is 5.92 Å². The molecule has 0 saturated carbocycles. The Bertz CT molecular complexity index is 1520. The van der Waals surface area contributed by atoms with Gasteiger partial charge in [0.1, 0.15) is 5.82 Å². The van der Waals surface area contributed by atoms with Crippen LogP contribution in [0.15, 0.2) is 59.1 Å². The molecule has 3 aromatic heterocycles. The van der Waals surface area contributed by atoms with Crippen LogP contribution in [0.2, 0.25) is 0 Å². The molecule has 194 valence electrons. The van der Waals surface area contributed by atoms with Crippen molar-refractivity contribution in [2.45, 2.75) is 19.8 Å². The SMILES string of the molecule is CC(C)c1cc2cnc(Nc3ccc(N4CCN(C)CC4)cc3)nc2n1-c1cccc(N=S(C)(C)=O)n1. The number of pyridine rings is 1. The maximum atomic E-state index is 12.2. The van der Waals surface area contributed by atoms with Crippen LogP contribution in [0.25, 0.3) is 16.9 Å². The van der Waals surface area contributed by atoms with Crippen molar-refractivity contribution in [1.82, 2.24) is 24.4 Å². The van der Waals surface area contributed by atoms with Gasteiger partial charge in [0.15, 0.2) is 11.5 Å². The lowest BCUT2D eigenvalue weighted by atomic mass is 10.1. The molecule has 1 N–H and O–H groups in total. The van der Waals surface area contributed by atoms with E-state index in [1.54, 1.807) is 18.6 Å². The Morgan fingerprint density at radius 1 is 1.00 bits per heavy atom. The summed E-state index contributed by atoms with van der Waals surface area (Å²) in [5.74, 6) is 1.87. The number of fused-ring (bicyclic) bond motifs is 1. The van der Waals surface area contributed by atoms with E-state index in [1.807, 2.05) is 22.9 Å². The van der Waals surface area contributed by atoms with Crippen molar-refractivity contribution in [3.05, 3.63) is 60.4 Å². The van der Waals surface area contributed by atoms with Gasteiger partial charge in [-0.3, -0.25) is 4.57 Å². The Balaban J connectivity index is 1.47. The highest BCUT2D eigenvalue weighted by Crippen LogP contribution is 2.29. The zero-order valence-corrected chi connectivity index (χ0v) is 22.9. The molecule has 0 aliphatic carbocycles. The summed E-state index contributed by atoms with van der Waals surface area (Å²) in [4.78, 5) is 18.9. The maximum Gasteiger partial charge on any atom is 0.229 e. The smallest absolute Gasteiger partial charge is 0.229 e. The Morgan fingerprint density at radius 3 is 2.41 bits per heavy atom. The molecule has 4 heterocycles. The summed E-state index contributed by atoms with van der Waals surface area (Å²) in [6.07, 6.45) is 5.05. The van der Waals surface area contributed by atoms with Crippen LogP contribution < -0.4 is 10.2 Å². The number of likely N-dealkylation sites (N-methyl/N-ethyl adjacent to an activating group) is 1. The van der Waals surface area contributed by atoms with Gasteiger partial charge in [0.2, 0.25) is 5.95 Å². The molecule has 1 aromatic carbocycles. The monoisotopic (exact) mass is 518 g/mol. The zero-order valence-electron chi connectivity index (χ0n) is 22.0. The second-order valence-electron chi connectivity index (χ2n) is 10.1. The fourth-order valence-electron chi connectivity index (χ4n) is 4.50. The fraction of sp³-hybridized carbons (Fsp3) is 0.370. The van der Waals surface area contributed by atoms with E-state index in [0.717, 1.165) is 48.6 Å². The average molecular weight is 519 g/mol. The summed E-state index contributed by atoms with van der Waals surface area (Å²) in [5, 5.41) is 4.28. The minimum Gasteiger partial charge on any atom is -0.369 e. The highest BCUT2D eigenvalue weighted by atomic mass is 32.2. The van der Waals surface area contributed by atoms with Gasteiger partial charge in [-0.25, -0.2) is 14.2 Å². The molecule has 1 aliphatic rings. The van der Waals surface area contributed by atoms with Crippen LogP contribution >= 0.6 is 0 Å². The third-order valence-corrected chi connectivity index (χ3v) is 7.04. The molecule has 9 nitrogen and oxygen atoms in total. The quantitative estimate of drug-likeness (QED) is 0.392. The Kier molecular flexibility index (Phi) is 6.87. The largest absolute Gasteiger partial charge is 0.369 e. The standard InChI is InChI=1S/C27H34N8OS/c1-19(2)23-17-20-18-28-27(29-21-9-11-22(12-10-21)34-15-13-33(3)14-16-34)31-26(20)35(23)25-8-6-7-24(30-25)32-37(4,5)36/h6-12,17-19H,13-16H2,1-5H3,(H,28,29,31). The van der Waals surface area contributed by atoms with Crippen molar-refractivity contribution < 1.29 is 4.21 Å². The van der Waals surface area contributed by atoms with Crippen molar-refractivity contribution >= 4 is 43.9 Å². The summed E-state index contributed by atoms with van der Waals surface area (Å²) in [6.45, 7) is 8.50. The molecular formula is C27H34N8OS. The molecule has 0 spiro atoms. The summed E-state index contributed by atoms with van der Waals surface area (Å²) >= 11 is 0. The molecule has 1 aliphatic heterocycles. The highest BCUT2D eigenvalue weighted by molar-refractivity contribution is 7.92. The number of anilines is 3. The molecular weight excluding hydrogens is 484 g/mol. The predicted molar refractivity (Wildman–Crippen MR) is 152 cm³/mol. The van der Waals surface area contributed by atoms with Gasteiger partial charge in [-0.15, -0.1) is 0 Å². The van der Waals surface area contributed by atoms with Gasteiger partial charge in [0, 0.05) is 77.1 Å². The minimum atomic E-state index is -2.32. The average Bonchev–Trinajstić information content (AvgIpc) is 3.23. The first kappa shape index (κ1) is 25.2. The molecule has 4 aromatic rings. The first-order chi connectivity index (χ1) is 17.7. The fourth-order valence-corrected chi connectivity index (χ4v) is 5.05. The van der Waals surface area contributed by atoms with E-state index in [4.69, 9.17) is 9.97 Å². The molecule has 37 heavy (non-hydrogen) atoms. The van der Waals surface area contributed by atoms with E-state index in [9.17, 15) is 4.21 Å². The Hall–Kier alpha value is -3.50. The minimum absolute atomic E-state index is 0.233. The Morgan fingerprint density at radius 2 is 1.73 bits per heavy atom. The Labute approximate surface area is 218 Å². The third kappa shape index (κ3) is 5.75. The molecule has 10 heteroatoms. The summed E-state index contributed by atoms with van der Waals surface area (Å²) < 4.78 is 18.6. The number of piperazine rings is 1.